The minimum atomic E-state index is 0.245. The van der Waals surface area contributed by atoms with Gasteiger partial charge in [-0.1, -0.05) is 23.2 Å². The molecule has 0 amide bonds. The van der Waals surface area contributed by atoms with Crippen molar-refractivity contribution < 1.29 is 9.47 Å². The van der Waals surface area contributed by atoms with Gasteiger partial charge in [-0.3, -0.25) is 10.4 Å². The van der Waals surface area contributed by atoms with Crippen LogP contribution in [0.2, 0.25) is 10.0 Å². The minimum Gasteiger partial charge on any atom is -0.454 e. The van der Waals surface area contributed by atoms with Crippen LogP contribution >= 0.6 is 23.2 Å². The summed E-state index contributed by atoms with van der Waals surface area (Å²) in [5.41, 5.74) is 5.05. The molecule has 0 fully saturated rings. The molecule has 1 aromatic heterocycles. The molecule has 1 aliphatic heterocycles. The Morgan fingerprint density at radius 3 is 2.67 bits per heavy atom. The van der Waals surface area contributed by atoms with E-state index in [9.17, 15) is 0 Å². The maximum Gasteiger partial charge on any atom is 0.231 e. The molecule has 0 unspecified atom stereocenters. The molecule has 0 radical (unpaired) electrons. The van der Waals surface area contributed by atoms with Crippen LogP contribution in [0.4, 0.5) is 5.69 Å². The number of anilines is 1. The van der Waals surface area contributed by atoms with Crippen molar-refractivity contribution in [3.05, 3.63) is 46.2 Å². The average Bonchev–Trinajstić information content (AvgIpc) is 2.93. The summed E-state index contributed by atoms with van der Waals surface area (Å²) in [6.07, 6.45) is 3.00. The molecule has 21 heavy (non-hydrogen) atoms. The molecule has 2 aromatic rings. The first-order chi connectivity index (χ1) is 10.1. The predicted octanol–water partition coefficient (Wildman–Crippen LogP) is 3.95. The predicted molar refractivity (Wildman–Crippen MR) is 82.7 cm³/mol. The molecule has 5 nitrogen and oxygen atoms in total. The van der Waals surface area contributed by atoms with Gasteiger partial charge in [0.15, 0.2) is 11.5 Å². The fourth-order valence-electron chi connectivity index (χ4n) is 1.84. The van der Waals surface area contributed by atoms with E-state index in [2.05, 4.69) is 15.5 Å². The number of ether oxygens (including phenoxy) is 2. The number of hydrogen-bond donors (Lipinski definition) is 1. The van der Waals surface area contributed by atoms with Crippen LogP contribution < -0.4 is 14.9 Å². The third-order valence-corrected chi connectivity index (χ3v) is 3.55. The summed E-state index contributed by atoms with van der Waals surface area (Å²) in [6.45, 7) is 2.11. The topological polar surface area (TPSA) is 55.7 Å². The van der Waals surface area contributed by atoms with Gasteiger partial charge in [0.2, 0.25) is 6.79 Å². The van der Waals surface area contributed by atoms with Gasteiger partial charge < -0.3 is 9.47 Å². The van der Waals surface area contributed by atoms with Gasteiger partial charge in [0.25, 0.3) is 0 Å². The van der Waals surface area contributed by atoms with Crippen LogP contribution in [-0.2, 0) is 0 Å². The second-order valence-electron chi connectivity index (χ2n) is 4.36. The number of halogens is 2. The third kappa shape index (κ3) is 2.89. The first-order valence-corrected chi connectivity index (χ1v) is 6.90. The third-order valence-electron chi connectivity index (χ3n) is 2.98. The number of aromatic nitrogens is 1. The lowest BCUT2D eigenvalue weighted by Crippen LogP contribution is -2.00. The van der Waals surface area contributed by atoms with E-state index in [0.29, 0.717) is 21.5 Å². The van der Waals surface area contributed by atoms with Crippen LogP contribution in [0.25, 0.3) is 0 Å². The van der Waals surface area contributed by atoms with E-state index in [4.69, 9.17) is 32.7 Å². The summed E-state index contributed by atoms with van der Waals surface area (Å²) < 4.78 is 10.6. The first kappa shape index (κ1) is 14.0. The summed E-state index contributed by atoms with van der Waals surface area (Å²) in [5.74, 6) is 1.45. The summed E-state index contributed by atoms with van der Waals surface area (Å²) >= 11 is 12.0. The number of hydrazone groups is 1. The van der Waals surface area contributed by atoms with Crippen molar-refractivity contribution >= 4 is 34.6 Å². The normalized spacial score (nSPS) is 13.4. The Hall–Kier alpha value is -1.98. The van der Waals surface area contributed by atoms with Gasteiger partial charge in [0.05, 0.1) is 21.4 Å². The highest BCUT2D eigenvalue weighted by Gasteiger charge is 2.14. The van der Waals surface area contributed by atoms with E-state index in [1.165, 1.54) is 12.4 Å². The Bertz CT molecular complexity index is 699. The zero-order chi connectivity index (χ0) is 14.8. The number of benzene rings is 1. The molecule has 0 saturated heterocycles. The van der Waals surface area contributed by atoms with E-state index >= 15 is 0 Å². The molecule has 0 spiro atoms. The number of nitrogens with zero attached hydrogens (tertiary/aromatic N) is 2. The fourth-order valence-corrected chi connectivity index (χ4v) is 2.29. The smallest absolute Gasteiger partial charge is 0.231 e. The molecule has 1 aliphatic rings. The number of fused-ring (bicyclic) bond motifs is 1. The highest BCUT2D eigenvalue weighted by Crippen LogP contribution is 2.33. The van der Waals surface area contributed by atoms with Crippen LogP contribution in [0.15, 0.2) is 35.7 Å². The Balaban J connectivity index is 1.83. The Morgan fingerprint density at radius 2 is 1.90 bits per heavy atom. The molecule has 0 bridgehead atoms. The molecule has 7 heteroatoms. The van der Waals surface area contributed by atoms with Crippen LogP contribution in [-0.4, -0.2) is 17.5 Å². The Morgan fingerprint density at radius 1 is 1.19 bits per heavy atom. The minimum absolute atomic E-state index is 0.245. The first-order valence-electron chi connectivity index (χ1n) is 6.14. The molecule has 0 saturated carbocycles. The second-order valence-corrected chi connectivity index (χ2v) is 5.17. The lowest BCUT2D eigenvalue weighted by Gasteiger charge is -2.07. The SMILES string of the molecule is C/C(=N\Nc1c(Cl)cncc1Cl)c1ccc2c(c1)OCO2. The molecule has 1 aromatic carbocycles. The van der Waals surface area contributed by atoms with Gasteiger partial charge in [-0.2, -0.15) is 5.10 Å². The van der Waals surface area contributed by atoms with Gasteiger partial charge in [0, 0.05) is 18.0 Å². The number of rotatable bonds is 3. The van der Waals surface area contributed by atoms with Crippen molar-refractivity contribution in [2.24, 2.45) is 5.10 Å². The van der Waals surface area contributed by atoms with Crippen molar-refractivity contribution in [2.75, 3.05) is 12.2 Å². The number of nitrogens with one attached hydrogen (secondary N) is 1. The lowest BCUT2D eigenvalue weighted by molar-refractivity contribution is 0.174. The van der Waals surface area contributed by atoms with Crippen LogP contribution in [0, 0.1) is 0 Å². The molecule has 0 atom stereocenters. The van der Waals surface area contributed by atoms with Crippen molar-refractivity contribution in [1.82, 2.24) is 4.98 Å². The van der Waals surface area contributed by atoms with E-state index in [0.717, 1.165) is 17.0 Å². The molecule has 108 valence electrons. The molecule has 2 heterocycles. The average molecular weight is 324 g/mol. The lowest BCUT2D eigenvalue weighted by atomic mass is 10.1. The number of pyridine rings is 1. The highest BCUT2D eigenvalue weighted by molar-refractivity contribution is 6.38. The Kier molecular flexibility index (Phi) is 3.86. The maximum absolute atomic E-state index is 6.02. The Labute approximate surface area is 131 Å². The van der Waals surface area contributed by atoms with E-state index in [-0.39, 0.29) is 6.79 Å². The van der Waals surface area contributed by atoms with Gasteiger partial charge in [-0.25, -0.2) is 0 Å². The van der Waals surface area contributed by atoms with E-state index in [1.807, 2.05) is 25.1 Å². The molecule has 0 aliphatic carbocycles. The molecule has 1 N–H and O–H groups in total. The van der Waals surface area contributed by atoms with E-state index in [1.54, 1.807) is 0 Å². The van der Waals surface area contributed by atoms with Gasteiger partial charge in [-0.05, 0) is 25.1 Å². The molecular formula is C14H11Cl2N3O2. The summed E-state index contributed by atoms with van der Waals surface area (Å²) in [5, 5.41) is 5.10. The summed E-state index contributed by atoms with van der Waals surface area (Å²) in [4.78, 5) is 3.89. The van der Waals surface area contributed by atoms with Crippen molar-refractivity contribution in [1.29, 1.82) is 0 Å². The summed E-state index contributed by atoms with van der Waals surface area (Å²) in [6, 6.07) is 5.63. The summed E-state index contributed by atoms with van der Waals surface area (Å²) in [7, 11) is 0. The largest absolute Gasteiger partial charge is 0.454 e. The van der Waals surface area contributed by atoms with E-state index < -0.39 is 0 Å². The molecule has 3 rings (SSSR count). The second kappa shape index (κ2) is 5.79. The number of hydrogen-bond acceptors (Lipinski definition) is 5. The van der Waals surface area contributed by atoms with Crippen molar-refractivity contribution in [3.63, 3.8) is 0 Å². The standard InChI is InChI=1S/C14H11Cl2N3O2/c1-8(9-2-3-12-13(4-9)21-7-20-12)18-19-14-10(15)5-17-6-11(14)16/h2-6H,7H2,1H3,(H,17,19)/b18-8+. The zero-order valence-electron chi connectivity index (χ0n) is 11.1. The van der Waals surface area contributed by atoms with Crippen LogP contribution in [0.3, 0.4) is 0 Å². The van der Waals surface area contributed by atoms with Crippen LogP contribution in [0.1, 0.15) is 12.5 Å². The van der Waals surface area contributed by atoms with Crippen molar-refractivity contribution in [2.45, 2.75) is 6.92 Å². The van der Waals surface area contributed by atoms with Gasteiger partial charge in [-0.15, -0.1) is 0 Å². The van der Waals surface area contributed by atoms with Gasteiger partial charge in [0.1, 0.15) is 0 Å². The highest BCUT2D eigenvalue weighted by atomic mass is 35.5. The van der Waals surface area contributed by atoms with Gasteiger partial charge >= 0.3 is 0 Å². The maximum atomic E-state index is 6.02. The van der Waals surface area contributed by atoms with Crippen LogP contribution in [0.5, 0.6) is 11.5 Å². The quantitative estimate of drug-likeness (QED) is 0.686. The monoisotopic (exact) mass is 323 g/mol. The fraction of sp³-hybridized carbons (Fsp3) is 0.143. The zero-order valence-corrected chi connectivity index (χ0v) is 12.6. The molecular weight excluding hydrogens is 313 g/mol. The van der Waals surface area contributed by atoms with Crippen molar-refractivity contribution in [3.8, 4) is 11.5 Å².